The van der Waals surface area contributed by atoms with Crippen LogP contribution in [0.5, 0.6) is 0 Å². The van der Waals surface area contributed by atoms with Crippen molar-refractivity contribution in [3.63, 3.8) is 0 Å². The average molecular weight is 264 g/mol. The standard InChI is InChI=1S/C10H11F3N2OS/c1-5(9(15)16)17-8-3-2-6(4-7(8)14)10(11,12)13/h2-5H,14H2,1H3,(H2,15,16). The molecule has 0 aliphatic heterocycles. The topological polar surface area (TPSA) is 69.1 Å². The predicted octanol–water partition coefficient (Wildman–Crippen LogP) is 2.25. The first-order valence-corrected chi connectivity index (χ1v) is 5.52. The van der Waals surface area contributed by atoms with Gasteiger partial charge in [0.2, 0.25) is 5.91 Å². The van der Waals surface area contributed by atoms with Crippen molar-refractivity contribution in [1.29, 1.82) is 0 Å². The van der Waals surface area contributed by atoms with Crippen LogP contribution in [0, 0.1) is 0 Å². The number of carbonyl (C=O) groups is 1. The van der Waals surface area contributed by atoms with E-state index in [-0.39, 0.29) is 5.69 Å². The molecule has 3 nitrogen and oxygen atoms in total. The highest BCUT2D eigenvalue weighted by Gasteiger charge is 2.30. The van der Waals surface area contributed by atoms with Gasteiger partial charge in [-0.25, -0.2) is 0 Å². The normalized spacial score (nSPS) is 13.4. The summed E-state index contributed by atoms with van der Waals surface area (Å²) in [5.41, 5.74) is 9.72. The van der Waals surface area contributed by atoms with Crippen LogP contribution in [0.1, 0.15) is 12.5 Å². The molecule has 0 aliphatic rings. The molecule has 0 bridgehead atoms. The second kappa shape index (κ2) is 4.87. The van der Waals surface area contributed by atoms with Crippen LogP contribution in [0.4, 0.5) is 18.9 Å². The summed E-state index contributed by atoms with van der Waals surface area (Å²) in [6, 6.07) is 3.00. The fourth-order valence-corrected chi connectivity index (χ4v) is 1.92. The number of thioether (sulfide) groups is 1. The number of benzene rings is 1. The minimum atomic E-state index is -4.42. The molecule has 4 N–H and O–H groups in total. The van der Waals surface area contributed by atoms with E-state index in [1.54, 1.807) is 6.92 Å². The fraction of sp³-hybridized carbons (Fsp3) is 0.300. The maximum absolute atomic E-state index is 12.4. The number of nitrogen functional groups attached to an aromatic ring is 1. The Morgan fingerprint density at radius 2 is 2.00 bits per heavy atom. The third-order valence-electron chi connectivity index (χ3n) is 2.04. The molecule has 17 heavy (non-hydrogen) atoms. The van der Waals surface area contributed by atoms with Crippen LogP contribution in [-0.4, -0.2) is 11.2 Å². The highest BCUT2D eigenvalue weighted by atomic mass is 32.2. The number of amides is 1. The zero-order valence-electron chi connectivity index (χ0n) is 8.91. The molecular formula is C10H11F3N2OS. The van der Waals surface area contributed by atoms with E-state index < -0.39 is 22.9 Å². The van der Waals surface area contributed by atoms with Gasteiger partial charge in [-0.05, 0) is 25.1 Å². The van der Waals surface area contributed by atoms with Gasteiger partial charge in [0, 0.05) is 10.6 Å². The van der Waals surface area contributed by atoms with Crippen molar-refractivity contribution in [3.05, 3.63) is 23.8 Å². The number of halogens is 3. The van der Waals surface area contributed by atoms with Crippen LogP contribution in [0.15, 0.2) is 23.1 Å². The number of carbonyl (C=O) groups excluding carboxylic acids is 1. The van der Waals surface area contributed by atoms with Crippen molar-refractivity contribution >= 4 is 23.4 Å². The summed E-state index contributed by atoms with van der Waals surface area (Å²) in [6.07, 6.45) is -4.42. The van der Waals surface area contributed by atoms with Gasteiger partial charge < -0.3 is 11.5 Å². The molecule has 1 unspecified atom stereocenters. The zero-order chi connectivity index (χ0) is 13.2. The molecule has 0 aromatic heterocycles. The first-order valence-electron chi connectivity index (χ1n) is 4.64. The Balaban J connectivity index is 2.95. The number of hydrogen-bond donors (Lipinski definition) is 2. The minimum Gasteiger partial charge on any atom is -0.398 e. The average Bonchev–Trinajstić information content (AvgIpc) is 2.19. The van der Waals surface area contributed by atoms with Crippen LogP contribution < -0.4 is 11.5 Å². The molecule has 1 aromatic rings. The van der Waals surface area contributed by atoms with E-state index in [0.717, 1.165) is 23.9 Å². The van der Waals surface area contributed by atoms with E-state index in [4.69, 9.17) is 11.5 Å². The van der Waals surface area contributed by atoms with Crippen LogP contribution >= 0.6 is 11.8 Å². The lowest BCUT2D eigenvalue weighted by molar-refractivity contribution is -0.137. The molecule has 0 aliphatic carbocycles. The molecule has 7 heteroatoms. The Morgan fingerprint density at radius 3 is 2.41 bits per heavy atom. The number of anilines is 1. The van der Waals surface area contributed by atoms with Gasteiger partial charge in [-0.2, -0.15) is 13.2 Å². The second-order valence-corrected chi connectivity index (χ2v) is 4.80. The number of primary amides is 1. The number of hydrogen-bond acceptors (Lipinski definition) is 3. The van der Waals surface area contributed by atoms with E-state index in [9.17, 15) is 18.0 Å². The monoisotopic (exact) mass is 264 g/mol. The summed E-state index contributed by atoms with van der Waals surface area (Å²) in [5.74, 6) is -0.547. The summed E-state index contributed by atoms with van der Waals surface area (Å²) < 4.78 is 37.1. The van der Waals surface area contributed by atoms with Crippen LogP contribution in [0.25, 0.3) is 0 Å². The third kappa shape index (κ3) is 3.55. The van der Waals surface area contributed by atoms with Crippen LogP contribution in [0.3, 0.4) is 0 Å². The second-order valence-electron chi connectivity index (χ2n) is 3.41. The van der Waals surface area contributed by atoms with Crippen molar-refractivity contribution in [2.75, 3.05) is 5.73 Å². The van der Waals surface area contributed by atoms with Crippen molar-refractivity contribution in [2.24, 2.45) is 5.73 Å². The minimum absolute atomic E-state index is 0.0158. The molecule has 0 saturated heterocycles. The molecule has 1 aromatic carbocycles. The first kappa shape index (κ1) is 13.7. The SMILES string of the molecule is CC(Sc1ccc(C(F)(F)F)cc1N)C(N)=O. The Kier molecular flexibility index (Phi) is 3.92. The van der Waals surface area contributed by atoms with Crippen LogP contribution in [0.2, 0.25) is 0 Å². The van der Waals surface area contributed by atoms with Gasteiger partial charge in [-0.1, -0.05) is 0 Å². The number of rotatable bonds is 3. The van der Waals surface area contributed by atoms with Crippen molar-refractivity contribution < 1.29 is 18.0 Å². The van der Waals surface area contributed by atoms with E-state index >= 15 is 0 Å². The van der Waals surface area contributed by atoms with Crippen molar-refractivity contribution in [1.82, 2.24) is 0 Å². The molecule has 94 valence electrons. The molecule has 1 amide bonds. The highest BCUT2D eigenvalue weighted by molar-refractivity contribution is 8.00. The predicted molar refractivity (Wildman–Crippen MR) is 60.4 cm³/mol. The fourth-order valence-electron chi connectivity index (χ4n) is 1.08. The number of alkyl halides is 3. The first-order chi connectivity index (χ1) is 7.71. The van der Waals surface area contributed by atoms with E-state index in [0.29, 0.717) is 4.90 Å². The van der Waals surface area contributed by atoms with Gasteiger partial charge in [0.1, 0.15) is 0 Å². The molecular weight excluding hydrogens is 253 g/mol. The summed E-state index contributed by atoms with van der Waals surface area (Å²) in [6.45, 7) is 1.56. The quantitative estimate of drug-likeness (QED) is 0.650. The lowest BCUT2D eigenvalue weighted by atomic mass is 10.2. The van der Waals surface area contributed by atoms with Gasteiger partial charge in [0.25, 0.3) is 0 Å². The Hall–Kier alpha value is -1.37. The smallest absolute Gasteiger partial charge is 0.398 e. The Bertz CT molecular complexity index is 434. The molecule has 1 rings (SSSR count). The third-order valence-corrected chi connectivity index (χ3v) is 3.25. The van der Waals surface area contributed by atoms with Gasteiger partial charge in [-0.15, -0.1) is 11.8 Å². The van der Waals surface area contributed by atoms with Crippen molar-refractivity contribution in [3.8, 4) is 0 Å². The molecule has 0 radical (unpaired) electrons. The van der Waals surface area contributed by atoms with Gasteiger partial charge in [0.15, 0.2) is 0 Å². The summed E-state index contributed by atoms with van der Waals surface area (Å²) in [4.78, 5) is 11.2. The van der Waals surface area contributed by atoms with Gasteiger partial charge >= 0.3 is 6.18 Å². The van der Waals surface area contributed by atoms with E-state index in [1.807, 2.05) is 0 Å². The van der Waals surface area contributed by atoms with Crippen LogP contribution in [-0.2, 0) is 11.0 Å². The summed E-state index contributed by atoms with van der Waals surface area (Å²) in [5, 5.41) is -0.547. The highest BCUT2D eigenvalue weighted by Crippen LogP contribution is 2.35. The van der Waals surface area contributed by atoms with E-state index in [2.05, 4.69) is 0 Å². The Labute approximate surface area is 100 Å². The van der Waals surface area contributed by atoms with Gasteiger partial charge in [0.05, 0.1) is 10.8 Å². The number of nitrogens with two attached hydrogens (primary N) is 2. The molecule has 1 atom stereocenters. The van der Waals surface area contributed by atoms with E-state index in [1.165, 1.54) is 6.07 Å². The maximum atomic E-state index is 12.4. The molecule has 0 heterocycles. The Morgan fingerprint density at radius 1 is 1.41 bits per heavy atom. The zero-order valence-corrected chi connectivity index (χ0v) is 9.73. The van der Waals surface area contributed by atoms with Crippen molar-refractivity contribution in [2.45, 2.75) is 23.2 Å². The maximum Gasteiger partial charge on any atom is 0.416 e. The summed E-state index contributed by atoms with van der Waals surface area (Å²) in [7, 11) is 0. The molecule has 0 fully saturated rings. The largest absolute Gasteiger partial charge is 0.416 e. The molecule has 0 spiro atoms. The molecule has 0 saturated carbocycles. The summed E-state index contributed by atoms with van der Waals surface area (Å²) >= 11 is 1.03. The lowest BCUT2D eigenvalue weighted by Gasteiger charge is -2.12. The van der Waals surface area contributed by atoms with Gasteiger partial charge in [-0.3, -0.25) is 4.79 Å². The lowest BCUT2D eigenvalue weighted by Crippen LogP contribution is -2.22.